The Morgan fingerprint density at radius 2 is 2.12 bits per heavy atom. The number of hydrogen-bond acceptors (Lipinski definition) is 3. The Hall–Kier alpha value is -1.66. The molecule has 0 amide bonds. The summed E-state index contributed by atoms with van der Waals surface area (Å²) in [6.07, 6.45) is 0.456. The molecule has 0 atom stereocenters. The molecule has 1 rings (SSSR count). The van der Waals surface area contributed by atoms with Crippen molar-refractivity contribution in [2.24, 2.45) is 0 Å². The van der Waals surface area contributed by atoms with Crippen LogP contribution >= 0.6 is 0 Å². The summed E-state index contributed by atoms with van der Waals surface area (Å²) in [5.41, 5.74) is 1.77. The highest BCUT2D eigenvalue weighted by Gasteiger charge is 2.10. The van der Waals surface area contributed by atoms with Gasteiger partial charge in [0.25, 0.3) is 0 Å². The SMILES string of the molecule is Cc1ccccc1C(=O)CN(C)CCC#N. The first-order chi connectivity index (χ1) is 7.65. The monoisotopic (exact) mass is 216 g/mol. The summed E-state index contributed by atoms with van der Waals surface area (Å²) in [5, 5.41) is 8.45. The third-order valence-electron chi connectivity index (χ3n) is 2.46. The average molecular weight is 216 g/mol. The predicted molar refractivity (Wildman–Crippen MR) is 63.2 cm³/mol. The van der Waals surface area contributed by atoms with E-state index < -0.39 is 0 Å². The molecule has 1 aromatic carbocycles. The van der Waals surface area contributed by atoms with Crippen molar-refractivity contribution >= 4 is 5.78 Å². The number of likely N-dealkylation sites (N-methyl/N-ethyl adjacent to an activating group) is 1. The lowest BCUT2D eigenvalue weighted by Gasteiger charge is -2.14. The maximum absolute atomic E-state index is 11.9. The number of nitriles is 1. The second-order valence-corrected chi connectivity index (χ2v) is 3.88. The van der Waals surface area contributed by atoms with Crippen molar-refractivity contribution in [1.82, 2.24) is 4.90 Å². The zero-order valence-corrected chi connectivity index (χ0v) is 9.73. The molecule has 1 aromatic rings. The number of hydrogen-bond donors (Lipinski definition) is 0. The van der Waals surface area contributed by atoms with Crippen LogP contribution in [0.4, 0.5) is 0 Å². The predicted octanol–water partition coefficient (Wildman–Crippen LogP) is 2.02. The normalized spacial score (nSPS) is 10.1. The molecule has 0 radical (unpaired) electrons. The number of benzene rings is 1. The second kappa shape index (κ2) is 6.04. The first kappa shape index (κ1) is 12.4. The van der Waals surface area contributed by atoms with E-state index in [0.29, 0.717) is 19.5 Å². The van der Waals surface area contributed by atoms with E-state index in [2.05, 4.69) is 6.07 Å². The Bertz CT molecular complexity index is 407. The van der Waals surface area contributed by atoms with E-state index in [9.17, 15) is 4.79 Å². The molecule has 16 heavy (non-hydrogen) atoms. The maximum Gasteiger partial charge on any atom is 0.177 e. The Morgan fingerprint density at radius 1 is 1.44 bits per heavy atom. The lowest BCUT2D eigenvalue weighted by Crippen LogP contribution is -2.27. The molecule has 0 aliphatic rings. The summed E-state index contributed by atoms with van der Waals surface area (Å²) in [5.74, 6) is 0.110. The quantitative estimate of drug-likeness (QED) is 0.707. The summed E-state index contributed by atoms with van der Waals surface area (Å²) < 4.78 is 0. The molecule has 0 bridgehead atoms. The largest absolute Gasteiger partial charge is 0.298 e. The third kappa shape index (κ3) is 3.48. The van der Waals surface area contributed by atoms with Crippen molar-refractivity contribution in [1.29, 1.82) is 5.26 Å². The highest BCUT2D eigenvalue weighted by molar-refractivity contribution is 5.98. The number of carbonyl (C=O) groups is 1. The molecule has 3 heteroatoms. The zero-order valence-electron chi connectivity index (χ0n) is 9.73. The number of ketones is 1. The van der Waals surface area contributed by atoms with Gasteiger partial charge in [0.2, 0.25) is 0 Å². The van der Waals surface area contributed by atoms with Crippen LogP contribution in [0.15, 0.2) is 24.3 Å². The van der Waals surface area contributed by atoms with Gasteiger partial charge >= 0.3 is 0 Å². The molecule has 0 aliphatic heterocycles. The molecular weight excluding hydrogens is 200 g/mol. The second-order valence-electron chi connectivity index (χ2n) is 3.88. The van der Waals surface area contributed by atoms with Gasteiger partial charge in [0.1, 0.15) is 0 Å². The van der Waals surface area contributed by atoms with Gasteiger partial charge in [-0.3, -0.25) is 9.69 Å². The van der Waals surface area contributed by atoms with Crippen LogP contribution < -0.4 is 0 Å². The van der Waals surface area contributed by atoms with Crippen LogP contribution in [-0.2, 0) is 0 Å². The fraction of sp³-hybridized carbons (Fsp3) is 0.385. The average Bonchev–Trinajstić information content (AvgIpc) is 2.26. The topological polar surface area (TPSA) is 44.1 Å². The van der Waals surface area contributed by atoms with Crippen LogP contribution in [0.1, 0.15) is 22.3 Å². The lowest BCUT2D eigenvalue weighted by atomic mass is 10.0. The van der Waals surface area contributed by atoms with Gasteiger partial charge in [-0.2, -0.15) is 5.26 Å². The van der Waals surface area contributed by atoms with E-state index in [-0.39, 0.29) is 5.78 Å². The molecule has 84 valence electrons. The van der Waals surface area contributed by atoms with Gasteiger partial charge in [-0.05, 0) is 19.5 Å². The lowest BCUT2D eigenvalue weighted by molar-refractivity contribution is 0.0947. The van der Waals surface area contributed by atoms with Gasteiger partial charge in [0.05, 0.1) is 12.6 Å². The molecule has 0 saturated heterocycles. The summed E-state index contributed by atoms with van der Waals surface area (Å²) in [7, 11) is 1.85. The Balaban J connectivity index is 2.60. The summed E-state index contributed by atoms with van der Waals surface area (Å²) >= 11 is 0. The molecule has 0 heterocycles. The van der Waals surface area contributed by atoms with Crippen LogP contribution in [0.2, 0.25) is 0 Å². The van der Waals surface area contributed by atoms with Crippen LogP contribution in [-0.4, -0.2) is 30.8 Å². The Labute approximate surface area is 96.3 Å². The first-order valence-electron chi connectivity index (χ1n) is 5.29. The third-order valence-corrected chi connectivity index (χ3v) is 2.46. The number of aryl methyl sites for hydroxylation is 1. The van der Waals surface area contributed by atoms with Crippen molar-refractivity contribution in [3.63, 3.8) is 0 Å². The van der Waals surface area contributed by atoms with Crippen molar-refractivity contribution in [2.45, 2.75) is 13.3 Å². The molecule has 0 spiro atoms. The maximum atomic E-state index is 11.9. The smallest absolute Gasteiger partial charge is 0.177 e. The van der Waals surface area contributed by atoms with Gasteiger partial charge in [-0.15, -0.1) is 0 Å². The first-order valence-corrected chi connectivity index (χ1v) is 5.29. The number of rotatable bonds is 5. The van der Waals surface area contributed by atoms with Crippen molar-refractivity contribution in [3.8, 4) is 6.07 Å². The van der Waals surface area contributed by atoms with Gasteiger partial charge in [0.15, 0.2) is 5.78 Å². The molecular formula is C13H16N2O. The molecule has 0 aliphatic carbocycles. The van der Waals surface area contributed by atoms with Crippen LogP contribution in [0.25, 0.3) is 0 Å². The van der Waals surface area contributed by atoms with Crippen molar-refractivity contribution < 1.29 is 4.79 Å². The van der Waals surface area contributed by atoms with E-state index in [4.69, 9.17) is 5.26 Å². The van der Waals surface area contributed by atoms with Gasteiger partial charge < -0.3 is 0 Å². The fourth-order valence-electron chi connectivity index (χ4n) is 1.54. The number of Topliss-reactive ketones (excluding diaryl/α,β-unsaturated/α-hetero) is 1. The Morgan fingerprint density at radius 3 is 2.75 bits per heavy atom. The van der Waals surface area contributed by atoms with Crippen molar-refractivity contribution in [3.05, 3.63) is 35.4 Å². The minimum atomic E-state index is 0.110. The van der Waals surface area contributed by atoms with E-state index in [1.54, 1.807) is 0 Å². The Kier molecular flexibility index (Phi) is 4.68. The van der Waals surface area contributed by atoms with Crippen LogP contribution in [0.3, 0.4) is 0 Å². The molecule has 0 fully saturated rings. The number of carbonyl (C=O) groups excluding carboxylic acids is 1. The molecule has 0 N–H and O–H groups in total. The fourth-order valence-corrected chi connectivity index (χ4v) is 1.54. The summed E-state index contributed by atoms with van der Waals surface area (Å²) in [4.78, 5) is 13.8. The molecule has 0 aromatic heterocycles. The van der Waals surface area contributed by atoms with Crippen LogP contribution in [0, 0.1) is 18.3 Å². The molecule has 0 unspecified atom stereocenters. The summed E-state index contributed by atoms with van der Waals surface area (Å²) in [6.45, 7) is 2.93. The van der Waals surface area contributed by atoms with Gasteiger partial charge in [0, 0.05) is 18.5 Å². The van der Waals surface area contributed by atoms with Gasteiger partial charge in [-0.1, -0.05) is 24.3 Å². The van der Waals surface area contributed by atoms with E-state index in [1.165, 1.54) is 0 Å². The standard InChI is InChI=1S/C13H16N2O/c1-11-6-3-4-7-12(11)13(16)10-15(2)9-5-8-14/h3-4,6-7H,5,9-10H2,1-2H3. The van der Waals surface area contributed by atoms with E-state index >= 15 is 0 Å². The minimum absolute atomic E-state index is 0.110. The molecule has 0 saturated carbocycles. The summed E-state index contributed by atoms with van der Waals surface area (Å²) in [6, 6.07) is 9.64. The van der Waals surface area contributed by atoms with Gasteiger partial charge in [-0.25, -0.2) is 0 Å². The van der Waals surface area contributed by atoms with Crippen LogP contribution in [0.5, 0.6) is 0 Å². The zero-order chi connectivity index (χ0) is 12.0. The number of nitrogens with zero attached hydrogens (tertiary/aromatic N) is 2. The highest BCUT2D eigenvalue weighted by atomic mass is 16.1. The van der Waals surface area contributed by atoms with E-state index in [0.717, 1.165) is 11.1 Å². The minimum Gasteiger partial charge on any atom is -0.298 e. The highest BCUT2D eigenvalue weighted by Crippen LogP contribution is 2.08. The molecule has 3 nitrogen and oxygen atoms in total. The van der Waals surface area contributed by atoms with E-state index in [1.807, 2.05) is 43.1 Å². The van der Waals surface area contributed by atoms with Crippen molar-refractivity contribution in [2.75, 3.05) is 20.1 Å².